The summed E-state index contributed by atoms with van der Waals surface area (Å²) in [7, 11) is 0. The highest BCUT2D eigenvalue weighted by Gasteiger charge is 2.09. The van der Waals surface area contributed by atoms with Crippen molar-refractivity contribution in [1.29, 1.82) is 0 Å². The van der Waals surface area contributed by atoms with Crippen LogP contribution in [0.5, 0.6) is 0 Å². The summed E-state index contributed by atoms with van der Waals surface area (Å²) in [6, 6.07) is 6.76. The molecule has 0 saturated carbocycles. The van der Waals surface area contributed by atoms with Crippen LogP contribution in [0.3, 0.4) is 0 Å². The molecule has 0 spiro atoms. The molecular formula is C15H21ClN2O2. The summed E-state index contributed by atoms with van der Waals surface area (Å²) in [4.78, 5) is 14.2. The monoisotopic (exact) mass is 296 g/mol. The Labute approximate surface area is 125 Å². The number of nitrogens with one attached hydrogen (secondary N) is 1. The number of carbonyl (C=O) groups excluding carboxylic acids is 1. The lowest BCUT2D eigenvalue weighted by Crippen LogP contribution is -2.29. The van der Waals surface area contributed by atoms with Gasteiger partial charge >= 0.3 is 5.97 Å². The van der Waals surface area contributed by atoms with Crippen molar-refractivity contribution in [3.8, 4) is 0 Å². The summed E-state index contributed by atoms with van der Waals surface area (Å²) >= 11 is 5.78. The molecule has 110 valence electrons. The Kier molecular flexibility index (Phi) is 6.30. The van der Waals surface area contributed by atoms with Gasteiger partial charge < -0.3 is 15.0 Å². The molecular weight excluding hydrogens is 276 g/mol. The third-order valence-electron chi connectivity index (χ3n) is 3.36. The van der Waals surface area contributed by atoms with Crippen molar-refractivity contribution >= 4 is 17.6 Å². The Bertz CT molecular complexity index is 414. The van der Waals surface area contributed by atoms with Crippen molar-refractivity contribution in [1.82, 2.24) is 10.2 Å². The highest BCUT2D eigenvalue weighted by molar-refractivity contribution is 6.30. The average Bonchev–Trinajstić information content (AvgIpc) is 2.73. The van der Waals surface area contributed by atoms with E-state index >= 15 is 0 Å². The molecule has 1 saturated heterocycles. The third-order valence-corrected chi connectivity index (χ3v) is 3.62. The van der Waals surface area contributed by atoms with Crippen LogP contribution in [0.4, 0.5) is 0 Å². The number of halogens is 1. The van der Waals surface area contributed by atoms with Crippen molar-refractivity contribution in [2.45, 2.75) is 12.8 Å². The Balaban J connectivity index is 1.65. The van der Waals surface area contributed by atoms with Crippen LogP contribution < -0.4 is 5.32 Å². The Hall–Kier alpha value is -1.10. The van der Waals surface area contributed by atoms with E-state index in [4.69, 9.17) is 16.3 Å². The van der Waals surface area contributed by atoms with Crippen LogP contribution in [0.25, 0.3) is 0 Å². The molecule has 1 aliphatic rings. The first-order chi connectivity index (χ1) is 9.75. The molecule has 2 rings (SSSR count). The summed E-state index contributed by atoms with van der Waals surface area (Å²) in [5.74, 6) is -0.279. The van der Waals surface area contributed by atoms with Crippen molar-refractivity contribution in [3.05, 3.63) is 34.9 Å². The van der Waals surface area contributed by atoms with E-state index in [0.29, 0.717) is 17.2 Å². The maximum Gasteiger partial charge on any atom is 0.338 e. The number of ether oxygens (including phenoxy) is 1. The molecule has 1 aromatic carbocycles. The van der Waals surface area contributed by atoms with E-state index in [1.54, 1.807) is 24.3 Å². The van der Waals surface area contributed by atoms with E-state index < -0.39 is 0 Å². The minimum absolute atomic E-state index is 0.279. The summed E-state index contributed by atoms with van der Waals surface area (Å²) in [6.07, 6.45) is 2.06. The minimum Gasteiger partial charge on any atom is -0.462 e. The molecule has 1 heterocycles. The van der Waals surface area contributed by atoms with Gasteiger partial charge in [-0.15, -0.1) is 0 Å². The van der Waals surface area contributed by atoms with E-state index in [2.05, 4.69) is 10.2 Å². The largest absolute Gasteiger partial charge is 0.462 e. The standard InChI is InChI=1S/C15H21ClN2O2/c16-14-5-3-13(4-6-14)15(19)20-12-2-10-18-9-1-7-17-8-11-18/h3-6,17H,1-2,7-12H2. The van der Waals surface area contributed by atoms with Crippen molar-refractivity contribution < 1.29 is 9.53 Å². The average molecular weight is 297 g/mol. The molecule has 0 bridgehead atoms. The van der Waals surface area contributed by atoms with Gasteiger partial charge in [0.05, 0.1) is 12.2 Å². The van der Waals surface area contributed by atoms with Crippen LogP contribution in [0.15, 0.2) is 24.3 Å². The van der Waals surface area contributed by atoms with E-state index in [1.165, 1.54) is 6.42 Å². The van der Waals surface area contributed by atoms with Crippen molar-refractivity contribution in [3.63, 3.8) is 0 Å². The number of nitrogens with zero attached hydrogens (tertiary/aromatic N) is 1. The molecule has 4 nitrogen and oxygen atoms in total. The number of carbonyl (C=O) groups is 1. The Morgan fingerprint density at radius 1 is 1.25 bits per heavy atom. The van der Waals surface area contributed by atoms with E-state index in [9.17, 15) is 4.79 Å². The number of hydrogen-bond acceptors (Lipinski definition) is 4. The fraction of sp³-hybridized carbons (Fsp3) is 0.533. The molecule has 1 N–H and O–H groups in total. The van der Waals surface area contributed by atoms with Gasteiger partial charge in [-0.1, -0.05) is 11.6 Å². The van der Waals surface area contributed by atoms with Crippen molar-refractivity contribution in [2.24, 2.45) is 0 Å². The second-order valence-electron chi connectivity index (χ2n) is 4.94. The van der Waals surface area contributed by atoms with E-state index in [0.717, 1.165) is 39.1 Å². The van der Waals surface area contributed by atoms with Gasteiger partial charge in [-0.2, -0.15) is 0 Å². The predicted molar refractivity (Wildman–Crippen MR) is 80.3 cm³/mol. The van der Waals surface area contributed by atoms with Crippen LogP contribution in [-0.4, -0.2) is 50.2 Å². The first-order valence-electron chi connectivity index (χ1n) is 7.11. The lowest BCUT2D eigenvalue weighted by molar-refractivity contribution is 0.0489. The second-order valence-corrected chi connectivity index (χ2v) is 5.38. The minimum atomic E-state index is -0.279. The van der Waals surface area contributed by atoms with E-state index in [1.807, 2.05) is 0 Å². The molecule has 1 aromatic rings. The van der Waals surface area contributed by atoms with Gasteiger partial charge in [0.15, 0.2) is 0 Å². The van der Waals surface area contributed by atoms with Gasteiger partial charge in [0.2, 0.25) is 0 Å². The van der Waals surface area contributed by atoms with Gasteiger partial charge in [-0.05, 0) is 50.2 Å². The quantitative estimate of drug-likeness (QED) is 0.668. The van der Waals surface area contributed by atoms with Gasteiger partial charge in [-0.3, -0.25) is 0 Å². The van der Waals surface area contributed by atoms with E-state index in [-0.39, 0.29) is 5.97 Å². The smallest absolute Gasteiger partial charge is 0.338 e. The van der Waals surface area contributed by atoms with Crippen LogP contribution in [-0.2, 0) is 4.74 Å². The zero-order valence-electron chi connectivity index (χ0n) is 11.6. The van der Waals surface area contributed by atoms with Gasteiger partial charge in [0.1, 0.15) is 0 Å². The molecule has 0 amide bonds. The predicted octanol–water partition coefficient (Wildman–Crippen LogP) is 2.18. The van der Waals surface area contributed by atoms with Gasteiger partial charge in [0.25, 0.3) is 0 Å². The molecule has 5 heteroatoms. The normalized spacial score (nSPS) is 16.6. The lowest BCUT2D eigenvalue weighted by Gasteiger charge is -2.18. The van der Waals surface area contributed by atoms with Crippen LogP contribution in [0.2, 0.25) is 5.02 Å². The topological polar surface area (TPSA) is 41.6 Å². The maximum atomic E-state index is 11.8. The SMILES string of the molecule is O=C(OCCCN1CCCNCC1)c1ccc(Cl)cc1. The summed E-state index contributed by atoms with van der Waals surface area (Å²) in [5, 5.41) is 4.00. The first kappa shape index (κ1) is 15.3. The van der Waals surface area contributed by atoms with Gasteiger partial charge in [0, 0.05) is 24.7 Å². The molecule has 0 aliphatic carbocycles. The highest BCUT2D eigenvalue weighted by atomic mass is 35.5. The summed E-state index contributed by atoms with van der Waals surface area (Å²) < 4.78 is 5.27. The summed E-state index contributed by atoms with van der Waals surface area (Å²) in [6.45, 7) is 5.79. The Morgan fingerprint density at radius 2 is 2.05 bits per heavy atom. The number of rotatable bonds is 5. The molecule has 1 fully saturated rings. The zero-order valence-corrected chi connectivity index (χ0v) is 12.4. The molecule has 0 unspecified atom stereocenters. The van der Waals surface area contributed by atoms with Crippen LogP contribution in [0.1, 0.15) is 23.2 Å². The highest BCUT2D eigenvalue weighted by Crippen LogP contribution is 2.10. The fourth-order valence-corrected chi connectivity index (χ4v) is 2.37. The third kappa shape index (κ3) is 5.12. The molecule has 0 radical (unpaired) electrons. The van der Waals surface area contributed by atoms with Crippen LogP contribution in [0, 0.1) is 0 Å². The number of benzene rings is 1. The summed E-state index contributed by atoms with van der Waals surface area (Å²) in [5.41, 5.74) is 0.549. The lowest BCUT2D eigenvalue weighted by atomic mass is 10.2. The maximum absolute atomic E-state index is 11.8. The molecule has 20 heavy (non-hydrogen) atoms. The number of hydrogen-bond donors (Lipinski definition) is 1. The Morgan fingerprint density at radius 3 is 2.85 bits per heavy atom. The zero-order chi connectivity index (χ0) is 14.2. The molecule has 0 aromatic heterocycles. The van der Waals surface area contributed by atoms with Crippen molar-refractivity contribution in [2.75, 3.05) is 39.3 Å². The van der Waals surface area contributed by atoms with Crippen LogP contribution >= 0.6 is 11.6 Å². The second kappa shape index (κ2) is 8.25. The number of esters is 1. The first-order valence-corrected chi connectivity index (χ1v) is 7.49. The fourth-order valence-electron chi connectivity index (χ4n) is 2.25. The molecule has 0 atom stereocenters. The molecule has 1 aliphatic heterocycles. The van der Waals surface area contributed by atoms with Gasteiger partial charge in [-0.25, -0.2) is 4.79 Å².